The first-order valence-electron chi connectivity index (χ1n) is 8.66. The maximum absolute atomic E-state index is 12.1. The molecule has 1 aliphatic heterocycles. The number of nitrogens with zero attached hydrogens (tertiary/aromatic N) is 2. The second kappa shape index (κ2) is 7.04. The standard InChI is InChI=1S/C20H24N2O2/c1-14(2)17-13-16(15-9-5-3-6-10-15)18(20(23)24)19(21-17)22-11-7-4-8-12-22/h3,5-6,9-10,13-14H,4,7-8,11-12H2,1-2H3,(H,23,24). The van der Waals surface area contributed by atoms with Crippen LogP contribution in [0.15, 0.2) is 36.4 Å². The Bertz CT molecular complexity index is 720. The number of hydrogen-bond acceptors (Lipinski definition) is 3. The van der Waals surface area contributed by atoms with Crippen molar-refractivity contribution in [1.82, 2.24) is 4.98 Å². The van der Waals surface area contributed by atoms with Gasteiger partial charge in [0, 0.05) is 24.3 Å². The number of carboxylic acid groups (broad SMARTS) is 1. The maximum Gasteiger partial charge on any atom is 0.340 e. The average Bonchev–Trinajstić information content (AvgIpc) is 2.62. The monoisotopic (exact) mass is 324 g/mol. The van der Waals surface area contributed by atoms with E-state index in [-0.39, 0.29) is 5.92 Å². The van der Waals surface area contributed by atoms with Crippen molar-refractivity contribution >= 4 is 11.8 Å². The molecule has 4 heteroatoms. The van der Waals surface area contributed by atoms with Gasteiger partial charge in [0.2, 0.25) is 0 Å². The van der Waals surface area contributed by atoms with Crippen LogP contribution in [0, 0.1) is 0 Å². The normalized spacial score (nSPS) is 14.9. The number of hydrogen-bond donors (Lipinski definition) is 1. The highest BCUT2D eigenvalue weighted by atomic mass is 16.4. The van der Waals surface area contributed by atoms with Crippen molar-refractivity contribution in [3.63, 3.8) is 0 Å². The van der Waals surface area contributed by atoms with Gasteiger partial charge < -0.3 is 10.0 Å². The Kier molecular flexibility index (Phi) is 4.84. The summed E-state index contributed by atoms with van der Waals surface area (Å²) in [6.07, 6.45) is 3.38. The summed E-state index contributed by atoms with van der Waals surface area (Å²) in [7, 11) is 0. The Morgan fingerprint density at radius 2 is 1.79 bits per heavy atom. The van der Waals surface area contributed by atoms with Gasteiger partial charge in [0.25, 0.3) is 0 Å². The van der Waals surface area contributed by atoms with Crippen molar-refractivity contribution in [1.29, 1.82) is 0 Å². The summed E-state index contributed by atoms with van der Waals surface area (Å²) in [6, 6.07) is 11.7. The van der Waals surface area contributed by atoms with Crippen LogP contribution in [0.2, 0.25) is 0 Å². The third-order valence-electron chi connectivity index (χ3n) is 4.57. The number of rotatable bonds is 4. The van der Waals surface area contributed by atoms with Gasteiger partial charge in [-0.1, -0.05) is 44.2 Å². The summed E-state index contributed by atoms with van der Waals surface area (Å²) < 4.78 is 0. The minimum atomic E-state index is -0.905. The predicted molar refractivity (Wildman–Crippen MR) is 96.8 cm³/mol. The molecule has 1 aromatic carbocycles. The van der Waals surface area contributed by atoms with Gasteiger partial charge in [0.05, 0.1) is 0 Å². The second-order valence-corrected chi connectivity index (χ2v) is 6.67. The van der Waals surface area contributed by atoms with Crippen molar-refractivity contribution in [2.75, 3.05) is 18.0 Å². The quantitative estimate of drug-likeness (QED) is 0.895. The molecule has 1 fully saturated rings. The highest BCUT2D eigenvalue weighted by Gasteiger charge is 2.25. The molecule has 3 rings (SSSR count). The van der Waals surface area contributed by atoms with E-state index in [1.165, 1.54) is 6.42 Å². The van der Waals surface area contributed by atoms with E-state index in [2.05, 4.69) is 18.7 Å². The van der Waals surface area contributed by atoms with Crippen LogP contribution in [-0.4, -0.2) is 29.1 Å². The zero-order valence-corrected chi connectivity index (χ0v) is 14.3. The van der Waals surface area contributed by atoms with Crippen LogP contribution in [0.5, 0.6) is 0 Å². The SMILES string of the molecule is CC(C)c1cc(-c2ccccc2)c(C(=O)O)c(N2CCCCC2)n1. The van der Waals surface area contributed by atoms with E-state index in [0.717, 1.165) is 42.8 Å². The van der Waals surface area contributed by atoms with Gasteiger partial charge in [0.15, 0.2) is 0 Å². The zero-order valence-electron chi connectivity index (χ0n) is 14.3. The molecule has 0 spiro atoms. The second-order valence-electron chi connectivity index (χ2n) is 6.67. The molecule has 24 heavy (non-hydrogen) atoms. The number of aromatic carboxylic acids is 1. The Morgan fingerprint density at radius 3 is 2.38 bits per heavy atom. The van der Waals surface area contributed by atoms with Crippen molar-refractivity contribution in [2.24, 2.45) is 0 Å². The lowest BCUT2D eigenvalue weighted by Gasteiger charge is -2.30. The van der Waals surface area contributed by atoms with E-state index < -0.39 is 5.97 Å². The Balaban J connectivity index is 2.22. The minimum absolute atomic E-state index is 0.249. The highest BCUT2D eigenvalue weighted by Crippen LogP contribution is 2.34. The molecule has 1 aliphatic rings. The Hall–Kier alpha value is -2.36. The lowest BCUT2D eigenvalue weighted by atomic mass is 9.96. The number of carbonyl (C=O) groups is 1. The summed E-state index contributed by atoms with van der Waals surface area (Å²) in [5, 5.41) is 9.90. The molecule has 2 aromatic rings. The van der Waals surface area contributed by atoms with Crippen molar-refractivity contribution in [3.8, 4) is 11.1 Å². The number of aromatic nitrogens is 1. The fourth-order valence-corrected chi connectivity index (χ4v) is 3.24. The van der Waals surface area contributed by atoms with Gasteiger partial charge in [-0.05, 0) is 36.8 Å². The van der Waals surface area contributed by atoms with Gasteiger partial charge in [-0.2, -0.15) is 0 Å². The molecule has 1 aromatic heterocycles. The first-order valence-corrected chi connectivity index (χ1v) is 8.66. The smallest absolute Gasteiger partial charge is 0.340 e. The fraction of sp³-hybridized carbons (Fsp3) is 0.400. The molecule has 4 nitrogen and oxygen atoms in total. The molecule has 2 heterocycles. The topological polar surface area (TPSA) is 53.4 Å². The largest absolute Gasteiger partial charge is 0.478 e. The molecule has 0 radical (unpaired) electrons. The van der Waals surface area contributed by atoms with Crippen LogP contribution in [0.1, 0.15) is 55.1 Å². The first kappa shape index (κ1) is 16.5. The van der Waals surface area contributed by atoms with Crippen LogP contribution < -0.4 is 4.90 Å². The van der Waals surface area contributed by atoms with Gasteiger partial charge in [-0.15, -0.1) is 0 Å². The lowest BCUT2D eigenvalue weighted by Crippen LogP contribution is -2.32. The van der Waals surface area contributed by atoms with E-state index >= 15 is 0 Å². The van der Waals surface area contributed by atoms with Gasteiger partial charge in [-0.3, -0.25) is 0 Å². The van der Waals surface area contributed by atoms with Crippen LogP contribution >= 0.6 is 0 Å². The molecule has 0 aliphatic carbocycles. The molecule has 126 valence electrons. The number of carboxylic acids is 1. The highest BCUT2D eigenvalue weighted by molar-refractivity contribution is 6.01. The van der Waals surface area contributed by atoms with Crippen LogP contribution in [-0.2, 0) is 0 Å². The third kappa shape index (κ3) is 3.28. The molecular formula is C20H24N2O2. The predicted octanol–water partition coefficient (Wildman–Crippen LogP) is 4.56. The Morgan fingerprint density at radius 1 is 1.12 bits per heavy atom. The zero-order chi connectivity index (χ0) is 17.1. The third-order valence-corrected chi connectivity index (χ3v) is 4.57. The van der Waals surface area contributed by atoms with Crippen LogP contribution in [0.3, 0.4) is 0 Å². The number of piperidine rings is 1. The maximum atomic E-state index is 12.1. The summed E-state index contributed by atoms with van der Waals surface area (Å²) in [5.74, 6) is -0.0247. The van der Waals surface area contributed by atoms with E-state index in [1.54, 1.807) is 0 Å². The Labute approximate surface area is 143 Å². The summed E-state index contributed by atoms with van der Waals surface area (Å²) in [6.45, 7) is 5.95. The summed E-state index contributed by atoms with van der Waals surface area (Å²) in [5.41, 5.74) is 2.96. The fourth-order valence-electron chi connectivity index (χ4n) is 3.24. The number of anilines is 1. The molecule has 0 unspecified atom stereocenters. The van der Waals surface area contributed by atoms with Gasteiger partial charge in [0.1, 0.15) is 11.4 Å². The van der Waals surface area contributed by atoms with Crippen molar-refractivity contribution in [2.45, 2.75) is 39.0 Å². The molecule has 1 N–H and O–H groups in total. The summed E-state index contributed by atoms with van der Waals surface area (Å²) in [4.78, 5) is 19.0. The molecule has 0 saturated carbocycles. The van der Waals surface area contributed by atoms with Gasteiger partial charge >= 0.3 is 5.97 Å². The average molecular weight is 324 g/mol. The number of benzene rings is 1. The lowest BCUT2D eigenvalue weighted by molar-refractivity contribution is 0.0698. The van der Waals surface area contributed by atoms with Crippen molar-refractivity contribution in [3.05, 3.63) is 47.7 Å². The molecule has 0 amide bonds. The van der Waals surface area contributed by atoms with E-state index in [1.807, 2.05) is 36.4 Å². The van der Waals surface area contributed by atoms with E-state index in [0.29, 0.717) is 11.4 Å². The van der Waals surface area contributed by atoms with E-state index in [9.17, 15) is 9.90 Å². The molecule has 1 saturated heterocycles. The molecule has 0 bridgehead atoms. The summed E-state index contributed by atoms with van der Waals surface area (Å²) >= 11 is 0. The number of pyridine rings is 1. The molecular weight excluding hydrogens is 300 g/mol. The van der Waals surface area contributed by atoms with Crippen molar-refractivity contribution < 1.29 is 9.90 Å². The van der Waals surface area contributed by atoms with Gasteiger partial charge in [-0.25, -0.2) is 9.78 Å². The van der Waals surface area contributed by atoms with E-state index in [4.69, 9.17) is 4.98 Å². The first-order chi connectivity index (χ1) is 11.6. The van der Waals surface area contributed by atoms with Crippen LogP contribution in [0.25, 0.3) is 11.1 Å². The minimum Gasteiger partial charge on any atom is -0.478 e. The molecule has 0 atom stereocenters. The van der Waals surface area contributed by atoms with Crippen LogP contribution in [0.4, 0.5) is 5.82 Å².